The summed E-state index contributed by atoms with van der Waals surface area (Å²) in [7, 11) is 0. The lowest BCUT2D eigenvalue weighted by Gasteiger charge is -2.18. The predicted octanol–water partition coefficient (Wildman–Crippen LogP) is 3.81. The van der Waals surface area contributed by atoms with Crippen LogP contribution in [0.25, 0.3) is 0 Å². The van der Waals surface area contributed by atoms with Crippen molar-refractivity contribution in [3.63, 3.8) is 0 Å². The number of halogens is 6. The molecule has 0 saturated heterocycles. The van der Waals surface area contributed by atoms with Crippen molar-refractivity contribution in [2.24, 2.45) is 0 Å². The molecular formula is C16H10ClF5N2O2. The second-order valence-electron chi connectivity index (χ2n) is 5.56. The Kier molecular flexibility index (Phi) is 4.61. The van der Waals surface area contributed by atoms with Gasteiger partial charge in [-0.25, -0.2) is 18.2 Å². The number of pyridine rings is 1. The molecule has 138 valence electrons. The maximum Gasteiger partial charge on any atom is 0.352 e. The molecule has 1 N–H and O–H groups in total. The third kappa shape index (κ3) is 2.90. The summed E-state index contributed by atoms with van der Waals surface area (Å²) in [5, 5.41) is 9.04. The summed E-state index contributed by atoms with van der Waals surface area (Å²) in [6.45, 7) is -0.477. The van der Waals surface area contributed by atoms with Crippen LogP contribution in [0.4, 0.5) is 27.6 Å². The van der Waals surface area contributed by atoms with Gasteiger partial charge in [-0.1, -0.05) is 23.7 Å². The molecule has 1 aliphatic heterocycles. The standard InChI is InChI=1S/C16H10ClF5N2O2/c17-13-9(18)5-4-7(23-13)6-24-10-3-1-2-8(12(25)14(19)20)11(10)16(21,22)15(24)26/h1-5,12,14,25H,6H2. The van der Waals surface area contributed by atoms with Crippen molar-refractivity contribution in [3.05, 3.63) is 58.1 Å². The predicted molar refractivity (Wildman–Crippen MR) is 81.7 cm³/mol. The van der Waals surface area contributed by atoms with Gasteiger partial charge < -0.3 is 10.0 Å². The van der Waals surface area contributed by atoms with Crippen molar-refractivity contribution in [1.82, 2.24) is 4.98 Å². The number of rotatable bonds is 4. The molecule has 1 atom stereocenters. The molecule has 1 aromatic heterocycles. The van der Waals surface area contributed by atoms with Gasteiger partial charge in [0.1, 0.15) is 6.10 Å². The number of hydrogen-bond acceptors (Lipinski definition) is 3. The van der Waals surface area contributed by atoms with E-state index in [-0.39, 0.29) is 11.4 Å². The van der Waals surface area contributed by atoms with Gasteiger partial charge in [0.25, 0.3) is 6.43 Å². The fourth-order valence-electron chi connectivity index (χ4n) is 2.75. The van der Waals surface area contributed by atoms with Gasteiger partial charge in [0.2, 0.25) is 0 Å². The molecule has 2 heterocycles. The van der Waals surface area contributed by atoms with Crippen LogP contribution >= 0.6 is 11.6 Å². The Hall–Kier alpha value is -2.26. The Bertz CT molecular complexity index is 878. The fraction of sp³-hybridized carbons (Fsp3) is 0.250. The van der Waals surface area contributed by atoms with Crippen LogP contribution in [-0.4, -0.2) is 22.4 Å². The molecule has 0 bridgehead atoms. The number of nitrogens with zero attached hydrogens (tertiary/aromatic N) is 2. The number of fused-ring (bicyclic) bond motifs is 1. The monoisotopic (exact) mass is 392 g/mol. The van der Waals surface area contributed by atoms with Crippen molar-refractivity contribution >= 4 is 23.2 Å². The Morgan fingerprint density at radius 3 is 2.54 bits per heavy atom. The van der Waals surface area contributed by atoms with Gasteiger partial charge in [0, 0.05) is 0 Å². The number of benzene rings is 1. The minimum Gasteiger partial charge on any atom is -0.382 e. The van der Waals surface area contributed by atoms with E-state index in [1.54, 1.807) is 0 Å². The van der Waals surface area contributed by atoms with Gasteiger partial charge in [0.05, 0.1) is 23.5 Å². The summed E-state index contributed by atoms with van der Waals surface area (Å²) in [6, 6.07) is 5.34. The van der Waals surface area contributed by atoms with Crippen LogP contribution in [0.1, 0.15) is 22.9 Å². The van der Waals surface area contributed by atoms with Crippen LogP contribution in [0.2, 0.25) is 5.15 Å². The number of amides is 1. The highest BCUT2D eigenvalue weighted by molar-refractivity contribution is 6.29. The van der Waals surface area contributed by atoms with E-state index in [0.717, 1.165) is 24.3 Å². The van der Waals surface area contributed by atoms with Crippen molar-refractivity contribution in [2.45, 2.75) is 25.0 Å². The van der Waals surface area contributed by atoms with Crippen molar-refractivity contribution in [3.8, 4) is 0 Å². The fourth-order valence-corrected chi connectivity index (χ4v) is 2.93. The molecule has 0 fully saturated rings. The maximum absolute atomic E-state index is 14.5. The number of hydrogen-bond donors (Lipinski definition) is 1. The molecule has 4 nitrogen and oxygen atoms in total. The first-order valence-electron chi connectivity index (χ1n) is 7.25. The minimum atomic E-state index is -4.11. The van der Waals surface area contributed by atoms with Gasteiger partial charge in [-0.3, -0.25) is 4.79 Å². The largest absolute Gasteiger partial charge is 0.382 e. The summed E-state index contributed by atoms with van der Waals surface area (Å²) in [6.07, 6.45) is -5.78. The third-order valence-electron chi connectivity index (χ3n) is 3.93. The molecule has 1 aliphatic rings. The van der Waals surface area contributed by atoms with Crippen molar-refractivity contribution in [2.75, 3.05) is 4.90 Å². The number of anilines is 1. The van der Waals surface area contributed by atoms with Gasteiger partial charge in [0.15, 0.2) is 11.0 Å². The zero-order chi connectivity index (χ0) is 19.2. The summed E-state index contributed by atoms with van der Waals surface area (Å²) < 4.78 is 67.7. The van der Waals surface area contributed by atoms with Crippen LogP contribution in [0.5, 0.6) is 0 Å². The molecular weight excluding hydrogens is 383 g/mol. The molecule has 1 unspecified atom stereocenters. The normalized spacial score (nSPS) is 16.9. The molecule has 0 saturated carbocycles. The zero-order valence-corrected chi connectivity index (χ0v) is 13.5. The van der Waals surface area contributed by atoms with Crippen LogP contribution in [0, 0.1) is 5.82 Å². The van der Waals surface area contributed by atoms with E-state index in [1.165, 1.54) is 6.07 Å². The lowest BCUT2D eigenvalue weighted by molar-refractivity contribution is -0.142. The van der Waals surface area contributed by atoms with E-state index < -0.39 is 53.0 Å². The van der Waals surface area contributed by atoms with E-state index in [4.69, 9.17) is 11.6 Å². The summed E-state index contributed by atoms with van der Waals surface area (Å²) in [4.78, 5) is 16.4. The molecule has 2 aromatic rings. The first-order valence-corrected chi connectivity index (χ1v) is 7.62. The van der Waals surface area contributed by atoms with E-state index in [1.807, 2.05) is 0 Å². The minimum absolute atomic E-state index is 0.0215. The van der Waals surface area contributed by atoms with Gasteiger partial charge in [-0.2, -0.15) is 8.78 Å². The summed E-state index contributed by atoms with van der Waals surface area (Å²) in [5.74, 6) is -6.59. The van der Waals surface area contributed by atoms with Crippen LogP contribution in [-0.2, 0) is 17.3 Å². The molecule has 10 heteroatoms. The molecule has 0 spiro atoms. The van der Waals surface area contributed by atoms with Gasteiger partial charge in [-0.05, 0) is 23.8 Å². The summed E-state index contributed by atoms with van der Waals surface area (Å²) in [5.41, 5.74) is -2.03. The molecule has 1 aromatic carbocycles. The Morgan fingerprint density at radius 1 is 1.23 bits per heavy atom. The first-order chi connectivity index (χ1) is 12.1. The number of carbonyl (C=O) groups is 1. The Morgan fingerprint density at radius 2 is 1.92 bits per heavy atom. The Labute approximate surface area is 148 Å². The average Bonchev–Trinajstić information content (AvgIpc) is 2.78. The SMILES string of the molecule is O=C1N(Cc2ccc(F)c(Cl)n2)c2cccc(C(O)C(F)F)c2C1(F)F. The topological polar surface area (TPSA) is 53.4 Å². The molecule has 1 amide bonds. The molecule has 26 heavy (non-hydrogen) atoms. The first kappa shape index (κ1) is 18.5. The lowest BCUT2D eigenvalue weighted by atomic mass is 9.98. The van der Waals surface area contributed by atoms with E-state index in [0.29, 0.717) is 4.90 Å². The smallest absolute Gasteiger partial charge is 0.352 e. The van der Waals surface area contributed by atoms with E-state index >= 15 is 0 Å². The van der Waals surface area contributed by atoms with Crippen molar-refractivity contribution in [1.29, 1.82) is 0 Å². The second kappa shape index (κ2) is 6.48. The van der Waals surface area contributed by atoms with E-state index in [2.05, 4.69) is 4.98 Å². The summed E-state index contributed by atoms with van der Waals surface area (Å²) >= 11 is 5.54. The highest BCUT2D eigenvalue weighted by Crippen LogP contribution is 2.48. The van der Waals surface area contributed by atoms with E-state index in [9.17, 15) is 31.9 Å². The second-order valence-corrected chi connectivity index (χ2v) is 5.92. The quantitative estimate of drug-likeness (QED) is 0.636. The number of alkyl halides is 4. The highest BCUT2D eigenvalue weighted by Gasteiger charge is 2.55. The highest BCUT2D eigenvalue weighted by atomic mass is 35.5. The number of aliphatic hydroxyl groups is 1. The van der Waals surface area contributed by atoms with Gasteiger partial charge in [-0.15, -0.1) is 0 Å². The maximum atomic E-state index is 14.5. The molecule has 0 aliphatic carbocycles. The van der Waals surface area contributed by atoms with Crippen molar-refractivity contribution < 1.29 is 31.9 Å². The number of carbonyl (C=O) groups excluding carboxylic acids is 1. The van der Waals surface area contributed by atoms with Crippen LogP contribution in [0.3, 0.4) is 0 Å². The van der Waals surface area contributed by atoms with Crippen LogP contribution in [0.15, 0.2) is 30.3 Å². The molecule has 0 radical (unpaired) electrons. The van der Waals surface area contributed by atoms with Crippen LogP contribution < -0.4 is 4.90 Å². The molecule has 3 rings (SSSR count). The third-order valence-corrected chi connectivity index (χ3v) is 4.20. The average molecular weight is 393 g/mol. The number of aliphatic hydroxyl groups excluding tert-OH is 1. The Balaban J connectivity index is 2.07. The van der Waals surface area contributed by atoms with Gasteiger partial charge >= 0.3 is 11.8 Å². The zero-order valence-electron chi connectivity index (χ0n) is 12.8. The lowest BCUT2D eigenvalue weighted by Crippen LogP contribution is -2.34. The number of aromatic nitrogens is 1.